The van der Waals surface area contributed by atoms with Gasteiger partial charge in [0.05, 0.1) is 17.0 Å². The van der Waals surface area contributed by atoms with Crippen molar-refractivity contribution in [2.75, 3.05) is 13.1 Å². The molecular formula is C24H27BrClN3O3S. The first-order chi connectivity index (χ1) is 15.4. The number of carboxylic acid groups (broad SMARTS) is 1. The van der Waals surface area contributed by atoms with E-state index in [9.17, 15) is 4.79 Å². The van der Waals surface area contributed by atoms with E-state index >= 15 is 0 Å². The van der Waals surface area contributed by atoms with Gasteiger partial charge in [-0.2, -0.15) is 0 Å². The minimum atomic E-state index is -0.712. The smallest absolute Gasteiger partial charge is 0.309 e. The quantitative estimate of drug-likeness (QED) is 0.371. The Morgan fingerprint density at radius 1 is 1.24 bits per heavy atom. The molecule has 1 N–H and O–H groups in total. The van der Waals surface area contributed by atoms with Gasteiger partial charge in [-0.15, -0.1) is 27.2 Å². The third-order valence-electron chi connectivity index (χ3n) is 5.52. The Labute approximate surface area is 213 Å². The summed E-state index contributed by atoms with van der Waals surface area (Å²) >= 11 is 7.94. The molecule has 0 saturated carbocycles. The van der Waals surface area contributed by atoms with Gasteiger partial charge in [0.15, 0.2) is 0 Å². The summed E-state index contributed by atoms with van der Waals surface area (Å²) in [6.07, 6.45) is 0.918. The highest BCUT2D eigenvalue weighted by Gasteiger charge is 2.32. The highest BCUT2D eigenvalue weighted by Crippen LogP contribution is 2.36. The molecule has 0 aliphatic carbocycles. The molecule has 6 nitrogen and oxygen atoms in total. The average molecular weight is 553 g/mol. The van der Waals surface area contributed by atoms with Crippen LogP contribution in [0.1, 0.15) is 31.9 Å². The van der Waals surface area contributed by atoms with Crippen molar-refractivity contribution < 1.29 is 14.6 Å². The number of carbonyl (C=O) groups is 1. The number of aromatic nitrogens is 2. The van der Waals surface area contributed by atoms with Crippen LogP contribution in [-0.4, -0.2) is 45.4 Å². The topological polar surface area (TPSA) is 75.6 Å². The zero-order valence-corrected chi connectivity index (χ0v) is 22.0. The van der Waals surface area contributed by atoms with Crippen LogP contribution < -0.4 is 4.74 Å². The SMILES string of the molecule is Br.CCc1c(CN2CC(C(=O)O)C2)cccc1-c1nnc(-c2ccc(OC(C)C)c(Cl)c2)s1. The zero-order chi connectivity index (χ0) is 22.8. The molecule has 9 heteroatoms. The molecule has 1 aromatic heterocycles. The van der Waals surface area contributed by atoms with Crippen molar-refractivity contribution in [1.82, 2.24) is 15.1 Å². The Hall–Kier alpha value is -2.00. The number of aliphatic carboxylic acids is 1. The monoisotopic (exact) mass is 551 g/mol. The lowest BCUT2D eigenvalue weighted by molar-refractivity contribution is -0.147. The van der Waals surface area contributed by atoms with Crippen LogP contribution in [0.4, 0.5) is 0 Å². The number of benzene rings is 2. The fraction of sp³-hybridized carbons (Fsp3) is 0.375. The van der Waals surface area contributed by atoms with Crippen molar-refractivity contribution in [3.63, 3.8) is 0 Å². The van der Waals surface area contributed by atoms with Gasteiger partial charge in [-0.05, 0) is 49.6 Å². The molecule has 33 heavy (non-hydrogen) atoms. The zero-order valence-electron chi connectivity index (χ0n) is 18.7. The number of hydrogen-bond donors (Lipinski definition) is 1. The summed E-state index contributed by atoms with van der Waals surface area (Å²) in [4.78, 5) is 13.3. The Morgan fingerprint density at radius 2 is 1.97 bits per heavy atom. The van der Waals surface area contributed by atoms with E-state index in [2.05, 4.69) is 34.2 Å². The fourth-order valence-electron chi connectivity index (χ4n) is 3.93. The standard InChI is InChI=1S/C24H26ClN3O3S.BrH/c1-4-18-16(11-28-12-17(13-28)24(29)30)6-5-7-19(18)23-27-26-22(32-23)15-8-9-21(20(25)10-15)31-14(2)3;/h5-10,14,17H,4,11-13H2,1-3H3,(H,29,30);1H. The van der Waals surface area contributed by atoms with Crippen LogP contribution in [0, 0.1) is 5.92 Å². The van der Waals surface area contributed by atoms with Crippen molar-refractivity contribution in [2.45, 2.75) is 39.8 Å². The lowest BCUT2D eigenvalue weighted by atomic mass is 9.95. The van der Waals surface area contributed by atoms with E-state index in [-0.39, 0.29) is 29.0 Å². The summed E-state index contributed by atoms with van der Waals surface area (Å²) in [5, 5.41) is 20.2. The third kappa shape index (κ3) is 5.74. The molecule has 0 atom stereocenters. The number of nitrogens with zero attached hydrogens (tertiary/aromatic N) is 3. The second-order valence-corrected chi connectivity index (χ2v) is 9.63. The first kappa shape index (κ1) is 25.6. The molecule has 1 aliphatic heterocycles. The maximum absolute atomic E-state index is 11.1. The number of rotatable bonds is 8. The Kier molecular flexibility index (Phi) is 8.50. The molecule has 0 spiro atoms. The third-order valence-corrected chi connectivity index (χ3v) is 6.82. The molecule has 0 bridgehead atoms. The molecule has 2 heterocycles. The van der Waals surface area contributed by atoms with Gasteiger partial charge in [0.1, 0.15) is 15.8 Å². The lowest BCUT2D eigenvalue weighted by Gasteiger charge is -2.37. The molecule has 0 radical (unpaired) electrons. The van der Waals surface area contributed by atoms with E-state index in [0.29, 0.717) is 23.9 Å². The minimum Gasteiger partial charge on any atom is -0.489 e. The molecule has 2 aromatic carbocycles. The van der Waals surface area contributed by atoms with Crippen molar-refractivity contribution in [2.24, 2.45) is 5.92 Å². The second-order valence-electron chi connectivity index (χ2n) is 8.25. The number of likely N-dealkylation sites (tertiary alicyclic amines) is 1. The van der Waals surface area contributed by atoms with Gasteiger partial charge in [-0.3, -0.25) is 9.69 Å². The van der Waals surface area contributed by atoms with E-state index in [1.165, 1.54) is 22.5 Å². The largest absolute Gasteiger partial charge is 0.489 e. The van der Waals surface area contributed by atoms with Gasteiger partial charge >= 0.3 is 5.97 Å². The van der Waals surface area contributed by atoms with Crippen LogP contribution in [0.2, 0.25) is 5.02 Å². The van der Waals surface area contributed by atoms with Gasteiger partial charge in [0.25, 0.3) is 0 Å². The highest BCUT2D eigenvalue weighted by atomic mass is 79.9. The maximum atomic E-state index is 11.1. The van der Waals surface area contributed by atoms with Gasteiger partial charge < -0.3 is 9.84 Å². The van der Waals surface area contributed by atoms with Gasteiger partial charge in [0, 0.05) is 30.8 Å². The van der Waals surface area contributed by atoms with E-state index in [0.717, 1.165) is 34.1 Å². The van der Waals surface area contributed by atoms with Crippen molar-refractivity contribution in [3.8, 4) is 26.9 Å². The van der Waals surface area contributed by atoms with Crippen molar-refractivity contribution >= 4 is 45.9 Å². The lowest BCUT2D eigenvalue weighted by Crippen LogP contribution is -2.49. The summed E-state index contributed by atoms with van der Waals surface area (Å²) in [6.45, 7) is 8.01. The number of ether oxygens (including phenoxy) is 1. The first-order valence-electron chi connectivity index (χ1n) is 10.7. The minimum absolute atomic E-state index is 0. The molecule has 0 unspecified atom stereocenters. The van der Waals surface area contributed by atoms with Gasteiger partial charge in [-0.25, -0.2) is 0 Å². The molecule has 0 amide bonds. The van der Waals surface area contributed by atoms with E-state index in [4.69, 9.17) is 21.4 Å². The van der Waals surface area contributed by atoms with E-state index < -0.39 is 5.97 Å². The summed E-state index contributed by atoms with van der Waals surface area (Å²) in [6, 6.07) is 11.9. The molecule has 1 saturated heterocycles. The normalized spacial score (nSPS) is 14.1. The number of hydrogen-bond acceptors (Lipinski definition) is 6. The van der Waals surface area contributed by atoms with Crippen molar-refractivity contribution in [1.29, 1.82) is 0 Å². The predicted octanol–water partition coefficient (Wildman–Crippen LogP) is 5.97. The summed E-state index contributed by atoms with van der Waals surface area (Å²) in [7, 11) is 0. The molecule has 176 valence electrons. The number of halogens is 2. The molecular weight excluding hydrogens is 526 g/mol. The van der Waals surface area contributed by atoms with Crippen molar-refractivity contribution in [3.05, 3.63) is 52.5 Å². The first-order valence-corrected chi connectivity index (χ1v) is 11.9. The highest BCUT2D eigenvalue weighted by molar-refractivity contribution is 8.93. The second kappa shape index (κ2) is 11.0. The Morgan fingerprint density at radius 3 is 2.61 bits per heavy atom. The van der Waals surface area contributed by atoms with Gasteiger partial charge in [-0.1, -0.05) is 48.1 Å². The predicted molar refractivity (Wildman–Crippen MR) is 138 cm³/mol. The fourth-order valence-corrected chi connectivity index (χ4v) is 5.05. The Balaban J connectivity index is 0.00000306. The van der Waals surface area contributed by atoms with Crippen LogP contribution in [-0.2, 0) is 17.8 Å². The average Bonchev–Trinajstić information content (AvgIpc) is 3.21. The van der Waals surface area contributed by atoms with Crippen LogP contribution in [0.3, 0.4) is 0 Å². The summed E-state index contributed by atoms with van der Waals surface area (Å²) in [5.74, 6) is -0.304. The number of carboxylic acids is 1. The van der Waals surface area contributed by atoms with Crippen LogP contribution in [0.5, 0.6) is 5.75 Å². The molecule has 1 aliphatic rings. The van der Waals surface area contributed by atoms with Crippen LogP contribution >= 0.6 is 39.9 Å². The summed E-state index contributed by atoms with van der Waals surface area (Å²) < 4.78 is 5.72. The molecule has 3 aromatic rings. The summed E-state index contributed by atoms with van der Waals surface area (Å²) in [5.41, 5.74) is 4.43. The van der Waals surface area contributed by atoms with E-state index in [1.54, 1.807) is 0 Å². The van der Waals surface area contributed by atoms with Crippen LogP contribution in [0.25, 0.3) is 21.1 Å². The van der Waals surface area contributed by atoms with E-state index in [1.807, 2.05) is 38.1 Å². The molecule has 4 rings (SSSR count). The maximum Gasteiger partial charge on any atom is 0.309 e. The Bertz CT molecular complexity index is 1130. The van der Waals surface area contributed by atoms with Crippen LogP contribution in [0.15, 0.2) is 36.4 Å². The molecule has 1 fully saturated rings. The van der Waals surface area contributed by atoms with Gasteiger partial charge in [0.2, 0.25) is 0 Å².